The first kappa shape index (κ1) is 10.5. The third kappa shape index (κ3) is 1.98. The molecule has 2 aromatic heterocycles. The average Bonchev–Trinajstić information content (AvgIpc) is 2.56. The van der Waals surface area contributed by atoms with Crippen molar-refractivity contribution in [1.82, 2.24) is 9.97 Å². The van der Waals surface area contributed by atoms with Gasteiger partial charge in [0, 0.05) is 13.1 Å². The van der Waals surface area contributed by atoms with Gasteiger partial charge in [0.2, 0.25) is 5.91 Å². The smallest absolute Gasteiger partial charge is 0.337 e. The summed E-state index contributed by atoms with van der Waals surface area (Å²) in [5, 5.41) is 11.7. The lowest BCUT2D eigenvalue weighted by Gasteiger charge is -1.91. The average molecular weight is 237 g/mol. The zero-order valence-electron chi connectivity index (χ0n) is 8.22. The van der Waals surface area contributed by atoms with E-state index < -0.39 is 5.97 Å². The number of hydrogen-bond donors (Lipinski definition) is 2. The van der Waals surface area contributed by atoms with Crippen LogP contribution in [0.25, 0.3) is 10.3 Å². The van der Waals surface area contributed by atoms with Gasteiger partial charge >= 0.3 is 5.97 Å². The zero-order chi connectivity index (χ0) is 11.7. The quantitative estimate of drug-likeness (QED) is 0.822. The zero-order valence-corrected chi connectivity index (χ0v) is 9.04. The molecular formula is C9H7N3O3S. The third-order valence-electron chi connectivity index (χ3n) is 1.78. The number of pyridine rings is 1. The predicted octanol–water partition coefficient (Wildman–Crippen LogP) is 1.35. The molecule has 0 aliphatic carbocycles. The summed E-state index contributed by atoms with van der Waals surface area (Å²) in [6, 6.07) is 1.48. The van der Waals surface area contributed by atoms with Crippen molar-refractivity contribution in [3.8, 4) is 0 Å². The molecule has 2 N–H and O–H groups in total. The highest BCUT2D eigenvalue weighted by atomic mass is 32.1. The number of rotatable bonds is 2. The van der Waals surface area contributed by atoms with Gasteiger partial charge < -0.3 is 10.4 Å². The minimum atomic E-state index is -1.04. The predicted molar refractivity (Wildman–Crippen MR) is 58.7 cm³/mol. The fourth-order valence-corrected chi connectivity index (χ4v) is 2.05. The number of carbonyl (C=O) groups excluding carboxylic acids is 1. The van der Waals surface area contributed by atoms with Gasteiger partial charge in [0.25, 0.3) is 0 Å². The molecule has 2 rings (SSSR count). The lowest BCUT2D eigenvalue weighted by Crippen LogP contribution is -2.04. The maximum absolute atomic E-state index is 10.8. The Bertz CT molecular complexity index is 578. The summed E-state index contributed by atoms with van der Waals surface area (Å²) in [5.74, 6) is -1.26. The molecule has 0 spiro atoms. The summed E-state index contributed by atoms with van der Waals surface area (Å²) >= 11 is 1.19. The van der Waals surface area contributed by atoms with E-state index in [-0.39, 0.29) is 11.5 Å². The molecule has 2 heterocycles. The van der Waals surface area contributed by atoms with Crippen LogP contribution in [0.2, 0.25) is 0 Å². The van der Waals surface area contributed by atoms with E-state index in [4.69, 9.17) is 5.11 Å². The van der Waals surface area contributed by atoms with Gasteiger partial charge in [-0.15, -0.1) is 0 Å². The van der Waals surface area contributed by atoms with E-state index in [1.807, 2.05) is 0 Å². The van der Waals surface area contributed by atoms with Crippen LogP contribution in [0, 0.1) is 0 Å². The summed E-state index contributed by atoms with van der Waals surface area (Å²) in [6.45, 7) is 1.38. The van der Waals surface area contributed by atoms with Crippen LogP contribution in [0.15, 0.2) is 12.3 Å². The second-order valence-corrected chi connectivity index (χ2v) is 4.08. The number of carboxylic acids is 1. The van der Waals surface area contributed by atoms with Crippen molar-refractivity contribution in [1.29, 1.82) is 0 Å². The maximum Gasteiger partial charge on any atom is 0.337 e. The maximum atomic E-state index is 10.8. The Balaban J connectivity index is 2.45. The molecule has 0 aliphatic rings. The van der Waals surface area contributed by atoms with Crippen molar-refractivity contribution in [2.75, 3.05) is 5.32 Å². The Hall–Kier alpha value is -2.02. The lowest BCUT2D eigenvalue weighted by atomic mass is 10.3. The van der Waals surface area contributed by atoms with Crippen LogP contribution in [0.5, 0.6) is 0 Å². The Labute approximate surface area is 94.0 Å². The van der Waals surface area contributed by atoms with Gasteiger partial charge in [-0.05, 0) is 6.07 Å². The topological polar surface area (TPSA) is 92.2 Å². The number of nitrogens with zero attached hydrogens (tertiary/aromatic N) is 2. The molecule has 16 heavy (non-hydrogen) atoms. The van der Waals surface area contributed by atoms with Crippen molar-refractivity contribution in [2.24, 2.45) is 0 Å². The normalized spacial score (nSPS) is 10.3. The third-order valence-corrected chi connectivity index (χ3v) is 2.68. The number of amides is 1. The first-order chi connectivity index (χ1) is 7.56. The number of thiazole rings is 1. The summed E-state index contributed by atoms with van der Waals surface area (Å²) in [7, 11) is 0. The molecule has 82 valence electrons. The number of aromatic nitrogens is 2. The SMILES string of the molecule is CC(=O)Nc1nc2ncc(C(=O)O)cc2s1. The summed E-state index contributed by atoms with van der Waals surface area (Å²) in [4.78, 5) is 29.4. The summed E-state index contributed by atoms with van der Waals surface area (Å²) in [5.41, 5.74) is 0.532. The second-order valence-electron chi connectivity index (χ2n) is 3.05. The molecule has 0 saturated heterocycles. The monoisotopic (exact) mass is 237 g/mol. The molecule has 0 fully saturated rings. The standard InChI is InChI=1S/C9H7N3O3S/c1-4(13)11-9-12-7-6(16-9)2-5(3-10-7)8(14)15/h2-3H,1H3,(H,14,15)(H,10,11,12,13). The Kier molecular flexibility index (Phi) is 2.53. The van der Waals surface area contributed by atoms with E-state index in [9.17, 15) is 9.59 Å². The van der Waals surface area contributed by atoms with Crippen LogP contribution in [0.3, 0.4) is 0 Å². The van der Waals surface area contributed by atoms with Crippen LogP contribution in [0.4, 0.5) is 5.13 Å². The molecule has 6 nitrogen and oxygen atoms in total. The van der Waals surface area contributed by atoms with Crippen LogP contribution in [-0.4, -0.2) is 27.0 Å². The molecule has 1 amide bonds. The molecule has 0 aromatic carbocycles. The summed E-state index contributed by atoms with van der Waals surface area (Å²) in [6.07, 6.45) is 1.24. The number of aromatic carboxylic acids is 1. The van der Waals surface area contributed by atoms with E-state index in [0.29, 0.717) is 15.5 Å². The first-order valence-corrected chi connectivity index (χ1v) is 5.15. The number of nitrogens with one attached hydrogen (secondary N) is 1. The van der Waals surface area contributed by atoms with Crippen LogP contribution < -0.4 is 5.32 Å². The van der Waals surface area contributed by atoms with E-state index in [2.05, 4.69) is 15.3 Å². The van der Waals surface area contributed by atoms with Crippen LogP contribution in [0.1, 0.15) is 17.3 Å². The molecular weight excluding hydrogens is 230 g/mol. The Morgan fingerprint density at radius 2 is 2.25 bits per heavy atom. The van der Waals surface area contributed by atoms with Crippen molar-refractivity contribution in [3.05, 3.63) is 17.8 Å². The number of carbonyl (C=O) groups is 2. The lowest BCUT2D eigenvalue weighted by molar-refractivity contribution is -0.114. The van der Waals surface area contributed by atoms with Gasteiger partial charge in [0.15, 0.2) is 10.8 Å². The number of anilines is 1. The molecule has 0 atom stereocenters. The van der Waals surface area contributed by atoms with Gasteiger partial charge in [-0.25, -0.2) is 9.78 Å². The second kappa shape index (κ2) is 3.86. The van der Waals surface area contributed by atoms with Crippen molar-refractivity contribution >= 4 is 38.7 Å². The molecule has 0 saturated carbocycles. The van der Waals surface area contributed by atoms with Gasteiger partial charge in [0.05, 0.1) is 10.3 Å². The Morgan fingerprint density at radius 3 is 2.88 bits per heavy atom. The van der Waals surface area contributed by atoms with E-state index in [1.165, 1.54) is 30.5 Å². The van der Waals surface area contributed by atoms with Crippen molar-refractivity contribution in [2.45, 2.75) is 6.92 Å². The summed E-state index contributed by atoms with van der Waals surface area (Å²) < 4.78 is 0.628. The first-order valence-electron chi connectivity index (χ1n) is 4.34. The Morgan fingerprint density at radius 1 is 1.50 bits per heavy atom. The molecule has 7 heteroatoms. The van der Waals surface area contributed by atoms with Gasteiger partial charge in [-0.2, -0.15) is 4.98 Å². The molecule has 0 radical (unpaired) electrons. The highest BCUT2D eigenvalue weighted by molar-refractivity contribution is 7.22. The minimum Gasteiger partial charge on any atom is -0.478 e. The molecule has 0 aliphatic heterocycles. The molecule has 2 aromatic rings. The van der Waals surface area contributed by atoms with Crippen LogP contribution >= 0.6 is 11.3 Å². The van der Waals surface area contributed by atoms with Gasteiger partial charge in [-0.1, -0.05) is 11.3 Å². The number of fused-ring (bicyclic) bond motifs is 1. The minimum absolute atomic E-state index is 0.102. The fraction of sp³-hybridized carbons (Fsp3) is 0.111. The number of hydrogen-bond acceptors (Lipinski definition) is 5. The van der Waals surface area contributed by atoms with Gasteiger partial charge in [0.1, 0.15) is 0 Å². The van der Waals surface area contributed by atoms with Crippen LogP contribution in [-0.2, 0) is 4.79 Å². The van der Waals surface area contributed by atoms with E-state index >= 15 is 0 Å². The highest BCUT2D eigenvalue weighted by Crippen LogP contribution is 2.25. The largest absolute Gasteiger partial charge is 0.478 e. The highest BCUT2D eigenvalue weighted by Gasteiger charge is 2.09. The van der Waals surface area contributed by atoms with Crippen molar-refractivity contribution < 1.29 is 14.7 Å². The van der Waals surface area contributed by atoms with E-state index in [1.54, 1.807) is 0 Å². The molecule has 0 bridgehead atoms. The number of carboxylic acid groups (broad SMARTS) is 1. The van der Waals surface area contributed by atoms with Gasteiger partial charge in [-0.3, -0.25) is 4.79 Å². The fourth-order valence-electron chi connectivity index (χ4n) is 1.14. The molecule has 0 unspecified atom stereocenters. The van der Waals surface area contributed by atoms with Crippen molar-refractivity contribution in [3.63, 3.8) is 0 Å². The van der Waals surface area contributed by atoms with E-state index in [0.717, 1.165) is 0 Å².